The van der Waals surface area contributed by atoms with Crippen LogP contribution in [0.25, 0.3) is 0 Å². The van der Waals surface area contributed by atoms with Gasteiger partial charge in [0, 0.05) is 32.5 Å². The van der Waals surface area contributed by atoms with Crippen LogP contribution in [0.5, 0.6) is 0 Å². The minimum absolute atomic E-state index is 0.0119. The minimum Gasteiger partial charge on any atom is -0.353 e. The van der Waals surface area contributed by atoms with Crippen LogP contribution < -0.4 is 10.2 Å². The third-order valence-corrected chi connectivity index (χ3v) is 3.96. The summed E-state index contributed by atoms with van der Waals surface area (Å²) < 4.78 is 0. The summed E-state index contributed by atoms with van der Waals surface area (Å²) in [6.45, 7) is 10.3. The molecule has 0 radical (unpaired) electrons. The summed E-state index contributed by atoms with van der Waals surface area (Å²) in [5, 5.41) is 11.3. The van der Waals surface area contributed by atoms with E-state index in [1.165, 1.54) is 0 Å². The van der Waals surface area contributed by atoms with Gasteiger partial charge in [-0.1, -0.05) is 20.8 Å². The molecule has 1 atom stereocenters. The number of amides is 1. The SMILES string of the molecule is CC(=O)N[C@H]1CCN(c2nc(CC(C)(C)C)nc3c2N=NC3)C1. The topological polar surface area (TPSA) is 82.8 Å². The van der Waals surface area contributed by atoms with E-state index in [0.29, 0.717) is 6.54 Å². The largest absolute Gasteiger partial charge is 0.353 e. The van der Waals surface area contributed by atoms with Gasteiger partial charge in [0.2, 0.25) is 5.91 Å². The van der Waals surface area contributed by atoms with Crippen molar-refractivity contribution >= 4 is 17.4 Å². The molecule has 0 saturated carbocycles. The number of nitrogens with zero attached hydrogens (tertiary/aromatic N) is 5. The summed E-state index contributed by atoms with van der Waals surface area (Å²) in [4.78, 5) is 22.9. The van der Waals surface area contributed by atoms with E-state index >= 15 is 0 Å². The number of carbonyl (C=O) groups excluding carboxylic acids is 1. The Morgan fingerprint density at radius 1 is 1.35 bits per heavy atom. The van der Waals surface area contributed by atoms with Crippen LogP contribution in [0, 0.1) is 5.41 Å². The molecule has 1 saturated heterocycles. The van der Waals surface area contributed by atoms with Gasteiger partial charge in [0.05, 0.1) is 5.69 Å². The van der Waals surface area contributed by atoms with Gasteiger partial charge in [-0.3, -0.25) is 4.79 Å². The fraction of sp³-hybridized carbons (Fsp3) is 0.688. The van der Waals surface area contributed by atoms with Crippen molar-refractivity contribution < 1.29 is 4.79 Å². The Morgan fingerprint density at radius 2 is 2.13 bits per heavy atom. The monoisotopic (exact) mass is 316 g/mol. The Labute approximate surface area is 136 Å². The standard InChI is InChI=1S/C16H24N6O/c1-10(23)18-11-5-6-22(9-11)15-14-12(8-17-21-14)19-13(20-15)7-16(2,3)4/h11H,5-9H2,1-4H3,(H,18,23)/t11-/m0/s1. The van der Waals surface area contributed by atoms with Crippen LogP contribution >= 0.6 is 0 Å². The smallest absolute Gasteiger partial charge is 0.217 e. The molecule has 7 heteroatoms. The van der Waals surface area contributed by atoms with E-state index in [0.717, 1.165) is 49.0 Å². The molecule has 1 amide bonds. The predicted molar refractivity (Wildman–Crippen MR) is 87.8 cm³/mol. The lowest BCUT2D eigenvalue weighted by atomic mass is 9.92. The van der Waals surface area contributed by atoms with Crippen molar-refractivity contribution in [2.45, 2.75) is 53.1 Å². The van der Waals surface area contributed by atoms with Crippen LogP contribution in [-0.4, -0.2) is 35.0 Å². The fourth-order valence-electron chi connectivity index (χ4n) is 3.06. The molecule has 0 spiro atoms. The summed E-state index contributed by atoms with van der Waals surface area (Å²) >= 11 is 0. The molecule has 1 aromatic heterocycles. The minimum atomic E-state index is 0.0119. The van der Waals surface area contributed by atoms with Gasteiger partial charge in [0.25, 0.3) is 0 Å². The Bertz CT molecular complexity index is 649. The zero-order valence-electron chi connectivity index (χ0n) is 14.3. The third-order valence-electron chi connectivity index (χ3n) is 3.96. The van der Waals surface area contributed by atoms with Crippen LogP contribution in [0.4, 0.5) is 11.5 Å². The first-order chi connectivity index (χ1) is 10.8. The second-order valence-electron chi connectivity index (χ2n) is 7.53. The number of aromatic nitrogens is 2. The van der Waals surface area contributed by atoms with Crippen molar-refractivity contribution in [3.05, 3.63) is 11.5 Å². The number of hydrogen-bond acceptors (Lipinski definition) is 6. The van der Waals surface area contributed by atoms with Crippen LogP contribution in [-0.2, 0) is 17.8 Å². The van der Waals surface area contributed by atoms with E-state index in [4.69, 9.17) is 4.98 Å². The van der Waals surface area contributed by atoms with Crippen LogP contribution in [0.3, 0.4) is 0 Å². The molecule has 0 aliphatic carbocycles. The first-order valence-electron chi connectivity index (χ1n) is 8.11. The van der Waals surface area contributed by atoms with Crippen LogP contribution in [0.1, 0.15) is 45.6 Å². The van der Waals surface area contributed by atoms with Gasteiger partial charge < -0.3 is 10.2 Å². The molecule has 3 rings (SSSR count). The second kappa shape index (κ2) is 5.86. The predicted octanol–water partition coefficient (Wildman–Crippen LogP) is 2.38. The van der Waals surface area contributed by atoms with Crippen LogP contribution in [0.2, 0.25) is 0 Å². The first kappa shape index (κ1) is 15.8. The Kier molecular flexibility index (Phi) is 4.04. The van der Waals surface area contributed by atoms with Crippen molar-refractivity contribution in [2.24, 2.45) is 15.6 Å². The Morgan fingerprint density at radius 3 is 2.83 bits per heavy atom. The Hall–Kier alpha value is -2.05. The summed E-state index contributed by atoms with van der Waals surface area (Å²) in [7, 11) is 0. The maximum absolute atomic E-state index is 11.3. The molecule has 3 heterocycles. The maximum Gasteiger partial charge on any atom is 0.217 e. The van der Waals surface area contributed by atoms with Gasteiger partial charge in [-0.05, 0) is 11.8 Å². The lowest BCUT2D eigenvalue weighted by molar-refractivity contribution is -0.119. The fourth-order valence-corrected chi connectivity index (χ4v) is 3.06. The maximum atomic E-state index is 11.3. The highest BCUT2D eigenvalue weighted by atomic mass is 16.1. The van der Waals surface area contributed by atoms with E-state index < -0.39 is 0 Å². The lowest BCUT2D eigenvalue weighted by Crippen LogP contribution is -2.35. The molecule has 7 nitrogen and oxygen atoms in total. The first-order valence-corrected chi connectivity index (χ1v) is 8.11. The average molecular weight is 316 g/mol. The lowest BCUT2D eigenvalue weighted by Gasteiger charge is -2.22. The zero-order valence-corrected chi connectivity index (χ0v) is 14.3. The third kappa shape index (κ3) is 3.65. The number of rotatable bonds is 3. The van der Waals surface area contributed by atoms with Gasteiger partial charge >= 0.3 is 0 Å². The second-order valence-corrected chi connectivity index (χ2v) is 7.53. The highest BCUT2D eigenvalue weighted by molar-refractivity contribution is 5.73. The Balaban J connectivity index is 1.86. The molecule has 2 aliphatic heterocycles. The summed E-state index contributed by atoms with van der Waals surface area (Å²) in [5.74, 6) is 1.72. The van der Waals surface area contributed by atoms with E-state index in [1.807, 2.05) is 0 Å². The number of hydrogen-bond donors (Lipinski definition) is 1. The van der Waals surface area contributed by atoms with Crippen molar-refractivity contribution in [1.82, 2.24) is 15.3 Å². The van der Waals surface area contributed by atoms with Gasteiger partial charge in [0.1, 0.15) is 12.4 Å². The molecule has 0 unspecified atom stereocenters. The number of fused-ring (bicyclic) bond motifs is 1. The van der Waals surface area contributed by atoms with Gasteiger partial charge in [-0.15, -0.1) is 5.11 Å². The van der Waals surface area contributed by atoms with E-state index in [9.17, 15) is 4.79 Å². The molecule has 1 fully saturated rings. The summed E-state index contributed by atoms with van der Waals surface area (Å²) in [5.41, 5.74) is 1.84. The normalized spacial score (nSPS) is 20.0. The number of nitrogens with one attached hydrogen (secondary N) is 1. The van der Waals surface area contributed by atoms with Crippen molar-refractivity contribution in [3.8, 4) is 0 Å². The summed E-state index contributed by atoms with van der Waals surface area (Å²) in [6.07, 6.45) is 1.74. The van der Waals surface area contributed by atoms with E-state index in [1.54, 1.807) is 6.92 Å². The zero-order chi connectivity index (χ0) is 16.6. The van der Waals surface area contributed by atoms with Crippen molar-refractivity contribution in [3.63, 3.8) is 0 Å². The molecule has 0 aromatic carbocycles. The molecule has 23 heavy (non-hydrogen) atoms. The highest BCUT2D eigenvalue weighted by Crippen LogP contribution is 2.36. The molecule has 2 aliphatic rings. The number of anilines is 1. The quantitative estimate of drug-likeness (QED) is 0.928. The molecular formula is C16H24N6O. The highest BCUT2D eigenvalue weighted by Gasteiger charge is 2.29. The number of carbonyl (C=O) groups is 1. The number of azo groups is 1. The molecule has 124 valence electrons. The van der Waals surface area contributed by atoms with Crippen molar-refractivity contribution in [2.75, 3.05) is 18.0 Å². The van der Waals surface area contributed by atoms with Gasteiger partial charge in [-0.25, -0.2) is 9.97 Å². The van der Waals surface area contributed by atoms with Crippen LogP contribution in [0.15, 0.2) is 10.2 Å². The van der Waals surface area contributed by atoms with E-state index in [2.05, 4.69) is 46.2 Å². The van der Waals surface area contributed by atoms with E-state index in [-0.39, 0.29) is 17.4 Å². The van der Waals surface area contributed by atoms with Gasteiger partial charge in [-0.2, -0.15) is 5.11 Å². The summed E-state index contributed by atoms with van der Waals surface area (Å²) in [6, 6.07) is 0.169. The average Bonchev–Trinajstić information content (AvgIpc) is 3.03. The molecule has 1 N–H and O–H groups in total. The molecular weight excluding hydrogens is 292 g/mol. The van der Waals surface area contributed by atoms with Gasteiger partial charge in [0.15, 0.2) is 11.5 Å². The molecule has 1 aromatic rings. The molecule has 0 bridgehead atoms. The van der Waals surface area contributed by atoms with Crippen molar-refractivity contribution in [1.29, 1.82) is 0 Å².